The Morgan fingerprint density at radius 3 is 2.72 bits per heavy atom. The molecule has 0 radical (unpaired) electrons. The molecule has 1 atom stereocenters. The average molecular weight is 244 g/mol. The number of rotatable bonds is 3. The summed E-state index contributed by atoms with van der Waals surface area (Å²) in [7, 11) is 2.31. The Morgan fingerprint density at radius 2 is 1.94 bits per heavy atom. The summed E-state index contributed by atoms with van der Waals surface area (Å²) in [6.45, 7) is 1.18. The van der Waals surface area contributed by atoms with E-state index in [-0.39, 0.29) is 0 Å². The van der Waals surface area contributed by atoms with Crippen molar-refractivity contribution in [3.05, 3.63) is 29.8 Å². The van der Waals surface area contributed by atoms with Crippen LogP contribution in [0, 0.1) is 0 Å². The summed E-state index contributed by atoms with van der Waals surface area (Å²) in [5.41, 5.74) is 2.83. The van der Waals surface area contributed by atoms with E-state index in [2.05, 4.69) is 41.5 Å². The molecule has 1 aromatic carbocycles. The molecule has 2 nitrogen and oxygen atoms in total. The Kier molecular flexibility index (Phi) is 3.55. The van der Waals surface area contributed by atoms with E-state index in [1.165, 1.54) is 56.3 Å². The Hall–Kier alpha value is -1.02. The highest BCUT2D eigenvalue weighted by Crippen LogP contribution is 2.27. The van der Waals surface area contributed by atoms with Crippen molar-refractivity contribution in [1.29, 1.82) is 0 Å². The van der Waals surface area contributed by atoms with Crippen LogP contribution < -0.4 is 5.32 Å². The Labute approximate surface area is 110 Å². The molecule has 1 N–H and O–H groups in total. The second kappa shape index (κ2) is 5.31. The molecule has 0 spiro atoms. The maximum Gasteiger partial charge on any atom is 0.0429 e. The van der Waals surface area contributed by atoms with Gasteiger partial charge in [0.15, 0.2) is 0 Å². The first-order valence-corrected chi connectivity index (χ1v) is 7.37. The smallest absolute Gasteiger partial charge is 0.0429 e. The van der Waals surface area contributed by atoms with Crippen LogP contribution in [0.25, 0.3) is 0 Å². The number of anilines is 1. The molecule has 0 bridgehead atoms. The van der Waals surface area contributed by atoms with Crippen molar-refractivity contribution in [3.8, 4) is 0 Å². The number of benzene rings is 1. The molecule has 0 amide bonds. The van der Waals surface area contributed by atoms with Crippen LogP contribution in [0.3, 0.4) is 0 Å². The van der Waals surface area contributed by atoms with E-state index in [1.807, 2.05) is 0 Å². The highest BCUT2D eigenvalue weighted by molar-refractivity contribution is 5.56. The molecule has 1 fully saturated rings. The Balaban J connectivity index is 1.55. The first-order chi connectivity index (χ1) is 8.83. The van der Waals surface area contributed by atoms with Crippen molar-refractivity contribution >= 4 is 5.69 Å². The van der Waals surface area contributed by atoms with Gasteiger partial charge < -0.3 is 10.2 Å². The summed E-state index contributed by atoms with van der Waals surface area (Å²) >= 11 is 0. The molecular weight excluding hydrogens is 220 g/mol. The lowest BCUT2D eigenvalue weighted by molar-refractivity contribution is 0.186. The number of nitrogens with zero attached hydrogens (tertiary/aromatic N) is 1. The van der Waals surface area contributed by atoms with E-state index in [9.17, 15) is 0 Å². The molecule has 18 heavy (non-hydrogen) atoms. The lowest BCUT2D eigenvalue weighted by atomic mass is 9.94. The second-order valence-corrected chi connectivity index (χ2v) is 5.93. The molecule has 0 aromatic heterocycles. The summed E-state index contributed by atoms with van der Waals surface area (Å²) < 4.78 is 0. The Bertz CT molecular complexity index is 371. The van der Waals surface area contributed by atoms with Gasteiger partial charge in [0.2, 0.25) is 0 Å². The van der Waals surface area contributed by atoms with Crippen LogP contribution in [0.4, 0.5) is 5.69 Å². The number of para-hydroxylation sites is 1. The number of hydrogen-bond donors (Lipinski definition) is 1. The zero-order valence-corrected chi connectivity index (χ0v) is 11.4. The molecule has 1 aliphatic carbocycles. The number of nitrogens with one attached hydrogen (secondary N) is 1. The summed E-state index contributed by atoms with van der Waals surface area (Å²) in [5.74, 6) is 0. The summed E-state index contributed by atoms with van der Waals surface area (Å²) in [6.07, 6.45) is 8.28. The summed E-state index contributed by atoms with van der Waals surface area (Å²) in [6, 6.07) is 10.2. The van der Waals surface area contributed by atoms with Crippen molar-refractivity contribution in [2.75, 3.05) is 18.9 Å². The molecule has 2 aliphatic rings. The van der Waals surface area contributed by atoms with Crippen LogP contribution in [0.1, 0.15) is 37.7 Å². The SMILES string of the molecule is CN(CC1Cc2ccccc2N1)C1CCCCC1. The summed E-state index contributed by atoms with van der Waals surface area (Å²) in [4.78, 5) is 2.59. The van der Waals surface area contributed by atoms with Gasteiger partial charge >= 0.3 is 0 Å². The highest BCUT2D eigenvalue weighted by Gasteiger charge is 2.24. The normalized spacial score (nSPS) is 24.0. The van der Waals surface area contributed by atoms with Crippen molar-refractivity contribution in [2.45, 2.75) is 50.6 Å². The van der Waals surface area contributed by atoms with Crippen LogP contribution >= 0.6 is 0 Å². The minimum Gasteiger partial charge on any atom is -0.380 e. The minimum atomic E-state index is 0.606. The van der Waals surface area contributed by atoms with Crippen molar-refractivity contribution in [2.24, 2.45) is 0 Å². The molecule has 1 heterocycles. The largest absolute Gasteiger partial charge is 0.380 e. The first kappa shape index (κ1) is 12.0. The second-order valence-electron chi connectivity index (χ2n) is 5.93. The highest BCUT2D eigenvalue weighted by atomic mass is 15.2. The van der Waals surface area contributed by atoms with E-state index in [0.29, 0.717) is 6.04 Å². The molecule has 3 rings (SSSR count). The topological polar surface area (TPSA) is 15.3 Å². The third-order valence-corrected chi connectivity index (χ3v) is 4.55. The minimum absolute atomic E-state index is 0.606. The third-order valence-electron chi connectivity index (χ3n) is 4.55. The van der Waals surface area contributed by atoms with Gasteiger partial charge in [0.05, 0.1) is 0 Å². The van der Waals surface area contributed by atoms with Gasteiger partial charge in [-0.3, -0.25) is 0 Å². The fourth-order valence-electron chi connectivity index (χ4n) is 3.50. The lowest BCUT2D eigenvalue weighted by Crippen LogP contribution is -2.40. The Morgan fingerprint density at radius 1 is 1.17 bits per heavy atom. The van der Waals surface area contributed by atoms with E-state index in [0.717, 1.165) is 6.04 Å². The maximum absolute atomic E-state index is 3.66. The third kappa shape index (κ3) is 2.54. The van der Waals surface area contributed by atoms with E-state index < -0.39 is 0 Å². The average Bonchev–Trinajstić information content (AvgIpc) is 2.82. The van der Waals surface area contributed by atoms with Crippen LogP contribution in [-0.4, -0.2) is 30.6 Å². The number of likely N-dealkylation sites (N-methyl/N-ethyl adjacent to an activating group) is 1. The quantitative estimate of drug-likeness (QED) is 0.877. The van der Waals surface area contributed by atoms with Crippen molar-refractivity contribution in [3.63, 3.8) is 0 Å². The zero-order valence-electron chi connectivity index (χ0n) is 11.4. The van der Waals surface area contributed by atoms with E-state index >= 15 is 0 Å². The fraction of sp³-hybridized carbons (Fsp3) is 0.625. The van der Waals surface area contributed by atoms with Gasteiger partial charge in [0, 0.05) is 24.3 Å². The van der Waals surface area contributed by atoms with Gasteiger partial charge in [0.1, 0.15) is 0 Å². The van der Waals surface area contributed by atoms with E-state index in [4.69, 9.17) is 0 Å². The predicted octanol–water partition coefficient (Wildman–Crippen LogP) is 3.29. The molecule has 1 unspecified atom stereocenters. The standard InChI is InChI=1S/C16H24N2/c1-18(15-8-3-2-4-9-15)12-14-11-13-7-5-6-10-16(13)17-14/h5-7,10,14-15,17H,2-4,8-9,11-12H2,1H3. The molecule has 98 valence electrons. The molecule has 0 saturated heterocycles. The molecule has 2 heteroatoms. The van der Waals surface area contributed by atoms with Gasteiger partial charge in [-0.1, -0.05) is 37.5 Å². The number of fused-ring (bicyclic) bond motifs is 1. The van der Waals surface area contributed by atoms with Gasteiger partial charge in [0.25, 0.3) is 0 Å². The van der Waals surface area contributed by atoms with Gasteiger partial charge in [-0.05, 0) is 37.9 Å². The lowest BCUT2D eigenvalue weighted by Gasteiger charge is -2.33. The van der Waals surface area contributed by atoms with Crippen LogP contribution in [0.5, 0.6) is 0 Å². The van der Waals surface area contributed by atoms with Gasteiger partial charge in [-0.2, -0.15) is 0 Å². The van der Waals surface area contributed by atoms with E-state index in [1.54, 1.807) is 0 Å². The molecule has 1 aromatic rings. The fourth-order valence-corrected chi connectivity index (χ4v) is 3.50. The molecule has 1 saturated carbocycles. The number of hydrogen-bond acceptors (Lipinski definition) is 2. The summed E-state index contributed by atoms with van der Waals surface area (Å²) in [5, 5.41) is 3.66. The van der Waals surface area contributed by atoms with Crippen molar-refractivity contribution < 1.29 is 0 Å². The maximum atomic E-state index is 3.66. The van der Waals surface area contributed by atoms with Gasteiger partial charge in [-0.15, -0.1) is 0 Å². The zero-order chi connectivity index (χ0) is 12.4. The molecule has 1 aliphatic heterocycles. The molecular formula is C16H24N2. The van der Waals surface area contributed by atoms with Crippen LogP contribution in [-0.2, 0) is 6.42 Å². The van der Waals surface area contributed by atoms with Crippen LogP contribution in [0.15, 0.2) is 24.3 Å². The predicted molar refractivity (Wildman–Crippen MR) is 77.1 cm³/mol. The van der Waals surface area contributed by atoms with Crippen LogP contribution in [0.2, 0.25) is 0 Å². The monoisotopic (exact) mass is 244 g/mol. The first-order valence-electron chi connectivity index (χ1n) is 7.37. The van der Waals surface area contributed by atoms with Gasteiger partial charge in [-0.25, -0.2) is 0 Å². The van der Waals surface area contributed by atoms with Crippen molar-refractivity contribution in [1.82, 2.24) is 4.90 Å².